The Balaban J connectivity index is 1.94. The number of anilines is 1. The Hall–Kier alpha value is -3.08. The molecule has 0 bridgehead atoms. The molecular formula is C26H31NO4. The third-order valence-electron chi connectivity index (χ3n) is 6.36. The number of benzene rings is 3. The van der Waals surface area contributed by atoms with E-state index in [0.717, 1.165) is 45.8 Å². The summed E-state index contributed by atoms with van der Waals surface area (Å²) in [5.41, 5.74) is 4.81. The Kier molecular flexibility index (Phi) is 5.61. The van der Waals surface area contributed by atoms with E-state index in [4.69, 9.17) is 18.9 Å². The standard InChI is InChI=1S/C26H31NO4/c1-15-10-20-21(8-9-22(29-5)26(20)23(11-15)30-6)27-16(2)12-18-13-19(28-4)14-24(31-7)25(18)17(27)3/h8-11,13-14,16-17H,12H2,1-7H3/t16-,17?/m0/s1. The fraction of sp³-hybridized carbons (Fsp3) is 0.385. The summed E-state index contributed by atoms with van der Waals surface area (Å²) in [4.78, 5) is 2.48. The Labute approximate surface area is 184 Å². The number of rotatable bonds is 5. The van der Waals surface area contributed by atoms with E-state index in [2.05, 4.69) is 49.9 Å². The summed E-state index contributed by atoms with van der Waals surface area (Å²) in [6.07, 6.45) is 0.906. The van der Waals surface area contributed by atoms with Gasteiger partial charge in [0.15, 0.2) is 0 Å². The maximum Gasteiger partial charge on any atom is 0.130 e. The van der Waals surface area contributed by atoms with Crippen molar-refractivity contribution in [2.24, 2.45) is 0 Å². The molecule has 4 rings (SSSR count). The van der Waals surface area contributed by atoms with Crippen LogP contribution in [-0.4, -0.2) is 34.5 Å². The fourth-order valence-electron chi connectivity index (χ4n) is 5.06. The topological polar surface area (TPSA) is 40.2 Å². The third kappa shape index (κ3) is 3.42. The van der Waals surface area contributed by atoms with Crippen molar-refractivity contribution in [2.45, 2.75) is 39.3 Å². The van der Waals surface area contributed by atoms with Crippen molar-refractivity contribution in [1.29, 1.82) is 0 Å². The maximum absolute atomic E-state index is 5.78. The van der Waals surface area contributed by atoms with Gasteiger partial charge >= 0.3 is 0 Å². The van der Waals surface area contributed by atoms with E-state index in [1.54, 1.807) is 28.4 Å². The predicted octanol–water partition coefficient (Wildman–Crippen LogP) is 5.69. The summed E-state index contributed by atoms with van der Waals surface area (Å²) >= 11 is 0. The highest BCUT2D eigenvalue weighted by atomic mass is 16.5. The number of methoxy groups -OCH3 is 4. The van der Waals surface area contributed by atoms with Crippen molar-refractivity contribution >= 4 is 16.5 Å². The van der Waals surface area contributed by atoms with Crippen LogP contribution in [0.3, 0.4) is 0 Å². The largest absolute Gasteiger partial charge is 0.497 e. The van der Waals surface area contributed by atoms with Gasteiger partial charge in [0, 0.05) is 28.7 Å². The van der Waals surface area contributed by atoms with Crippen LogP contribution in [0.1, 0.15) is 36.6 Å². The molecule has 0 radical (unpaired) electrons. The van der Waals surface area contributed by atoms with Gasteiger partial charge in [0.25, 0.3) is 0 Å². The van der Waals surface area contributed by atoms with Gasteiger partial charge in [-0.1, -0.05) is 0 Å². The molecule has 0 fully saturated rings. The van der Waals surface area contributed by atoms with Crippen molar-refractivity contribution in [2.75, 3.05) is 33.3 Å². The van der Waals surface area contributed by atoms with Gasteiger partial charge in [-0.2, -0.15) is 0 Å². The van der Waals surface area contributed by atoms with Crippen LogP contribution in [0.4, 0.5) is 5.69 Å². The molecule has 1 aliphatic heterocycles. The molecule has 1 aliphatic rings. The van der Waals surface area contributed by atoms with E-state index in [0.29, 0.717) is 6.04 Å². The molecule has 5 heteroatoms. The number of nitrogens with zero attached hydrogens (tertiary/aromatic N) is 1. The molecule has 5 nitrogen and oxygen atoms in total. The minimum Gasteiger partial charge on any atom is -0.497 e. The zero-order chi connectivity index (χ0) is 22.3. The summed E-state index contributed by atoms with van der Waals surface area (Å²) in [6, 6.07) is 13.0. The summed E-state index contributed by atoms with van der Waals surface area (Å²) in [5, 5.41) is 2.13. The molecule has 3 aromatic rings. The van der Waals surface area contributed by atoms with Gasteiger partial charge in [0.2, 0.25) is 0 Å². The molecular weight excluding hydrogens is 390 g/mol. The van der Waals surface area contributed by atoms with Gasteiger partial charge < -0.3 is 23.8 Å². The Morgan fingerprint density at radius 1 is 0.806 bits per heavy atom. The van der Waals surface area contributed by atoms with Crippen molar-refractivity contribution in [1.82, 2.24) is 0 Å². The molecule has 2 atom stereocenters. The fourth-order valence-corrected chi connectivity index (χ4v) is 5.06. The highest BCUT2D eigenvalue weighted by Crippen LogP contribution is 2.47. The van der Waals surface area contributed by atoms with E-state index in [-0.39, 0.29) is 6.04 Å². The summed E-state index contributed by atoms with van der Waals surface area (Å²) in [6.45, 7) is 6.61. The first-order chi connectivity index (χ1) is 14.9. The molecule has 0 saturated carbocycles. The van der Waals surface area contributed by atoms with Crippen LogP contribution in [0.5, 0.6) is 23.0 Å². The van der Waals surface area contributed by atoms with Crippen LogP contribution in [0.15, 0.2) is 36.4 Å². The molecule has 1 unspecified atom stereocenters. The molecule has 0 aromatic heterocycles. The average molecular weight is 422 g/mol. The smallest absolute Gasteiger partial charge is 0.130 e. The molecule has 1 heterocycles. The first kappa shape index (κ1) is 21.2. The van der Waals surface area contributed by atoms with Crippen LogP contribution < -0.4 is 23.8 Å². The van der Waals surface area contributed by atoms with E-state index >= 15 is 0 Å². The van der Waals surface area contributed by atoms with Gasteiger partial charge in [-0.05, 0) is 68.7 Å². The van der Waals surface area contributed by atoms with Crippen LogP contribution >= 0.6 is 0 Å². The number of hydrogen-bond acceptors (Lipinski definition) is 5. The van der Waals surface area contributed by atoms with Crippen LogP contribution in [0.2, 0.25) is 0 Å². The Morgan fingerprint density at radius 3 is 2.16 bits per heavy atom. The lowest BCUT2D eigenvalue weighted by Crippen LogP contribution is -2.41. The monoisotopic (exact) mass is 421 g/mol. The first-order valence-electron chi connectivity index (χ1n) is 10.6. The summed E-state index contributed by atoms with van der Waals surface area (Å²) in [7, 11) is 6.83. The number of ether oxygens (including phenoxy) is 4. The van der Waals surface area contributed by atoms with Crippen LogP contribution in [0, 0.1) is 6.92 Å². The van der Waals surface area contributed by atoms with Crippen LogP contribution in [0.25, 0.3) is 10.8 Å². The SMILES string of the molecule is COc1cc2c(c(OC)c1)C(C)N(c1ccc(OC)c3c(OC)cc(C)cc13)[C@@H](C)C2. The first-order valence-corrected chi connectivity index (χ1v) is 10.6. The Morgan fingerprint density at radius 2 is 1.52 bits per heavy atom. The zero-order valence-corrected chi connectivity index (χ0v) is 19.4. The van der Waals surface area contributed by atoms with Gasteiger partial charge in [-0.3, -0.25) is 0 Å². The molecule has 0 spiro atoms. The van der Waals surface area contributed by atoms with Crippen molar-refractivity contribution in [3.05, 3.63) is 53.1 Å². The molecule has 0 saturated heterocycles. The lowest BCUT2D eigenvalue weighted by molar-refractivity contribution is 0.381. The van der Waals surface area contributed by atoms with Gasteiger partial charge in [0.05, 0.1) is 39.9 Å². The second kappa shape index (κ2) is 8.22. The average Bonchev–Trinajstić information content (AvgIpc) is 2.77. The number of fused-ring (bicyclic) bond motifs is 2. The minimum absolute atomic E-state index is 0.128. The quantitative estimate of drug-likeness (QED) is 0.529. The lowest BCUT2D eigenvalue weighted by Gasteiger charge is -2.43. The second-order valence-corrected chi connectivity index (χ2v) is 8.22. The normalized spacial score (nSPS) is 18.0. The van der Waals surface area contributed by atoms with Gasteiger partial charge in [-0.25, -0.2) is 0 Å². The lowest BCUT2D eigenvalue weighted by atomic mass is 9.87. The van der Waals surface area contributed by atoms with Gasteiger partial charge in [-0.15, -0.1) is 0 Å². The summed E-state index contributed by atoms with van der Waals surface area (Å²) in [5.74, 6) is 3.34. The molecule has 0 amide bonds. The van der Waals surface area contributed by atoms with Gasteiger partial charge in [0.1, 0.15) is 23.0 Å². The van der Waals surface area contributed by atoms with E-state index < -0.39 is 0 Å². The van der Waals surface area contributed by atoms with Crippen molar-refractivity contribution in [3.63, 3.8) is 0 Å². The highest BCUT2D eigenvalue weighted by molar-refractivity contribution is 6.03. The maximum atomic E-state index is 5.78. The highest BCUT2D eigenvalue weighted by Gasteiger charge is 2.33. The summed E-state index contributed by atoms with van der Waals surface area (Å²) < 4.78 is 22.7. The van der Waals surface area contributed by atoms with Crippen LogP contribution in [-0.2, 0) is 6.42 Å². The molecule has 0 N–H and O–H groups in total. The molecule has 164 valence electrons. The molecule has 31 heavy (non-hydrogen) atoms. The third-order valence-corrected chi connectivity index (χ3v) is 6.36. The Bertz CT molecular complexity index is 1120. The zero-order valence-electron chi connectivity index (χ0n) is 19.4. The predicted molar refractivity (Wildman–Crippen MR) is 125 cm³/mol. The second-order valence-electron chi connectivity index (χ2n) is 8.22. The molecule has 3 aromatic carbocycles. The van der Waals surface area contributed by atoms with E-state index in [1.807, 2.05) is 12.1 Å². The van der Waals surface area contributed by atoms with Crippen molar-refractivity contribution < 1.29 is 18.9 Å². The number of hydrogen-bond donors (Lipinski definition) is 0. The molecule has 0 aliphatic carbocycles. The van der Waals surface area contributed by atoms with E-state index in [1.165, 1.54) is 16.8 Å². The number of aryl methyl sites for hydroxylation is 1. The van der Waals surface area contributed by atoms with Crippen molar-refractivity contribution in [3.8, 4) is 23.0 Å². The minimum atomic E-state index is 0.128. The van der Waals surface area contributed by atoms with E-state index in [9.17, 15) is 0 Å².